The molecule has 0 radical (unpaired) electrons. The molecule has 0 spiro atoms. The average molecular weight is 281 g/mol. The number of rotatable bonds is 8. The molecule has 1 unspecified atom stereocenters. The fourth-order valence-corrected chi connectivity index (χ4v) is 1.76. The van der Waals surface area contributed by atoms with E-state index in [9.17, 15) is 18.3 Å². The van der Waals surface area contributed by atoms with Crippen LogP contribution in [0.1, 0.15) is 6.92 Å². The van der Waals surface area contributed by atoms with E-state index in [0.717, 1.165) is 0 Å². The van der Waals surface area contributed by atoms with E-state index in [1.54, 1.807) is 11.9 Å². The minimum atomic E-state index is -4.19. The maximum atomic E-state index is 11.0. The van der Waals surface area contributed by atoms with Crippen LogP contribution in [0.25, 0.3) is 0 Å². The van der Waals surface area contributed by atoms with Gasteiger partial charge in [-0.3, -0.25) is 4.55 Å². The summed E-state index contributed by atoms with van der Waals surface area (Å²) in [4.78, 5) is 12.6. The lowest BCUT2D eigenvalue weighted by atomic mass is 10.3. The quantitative estimate of drug-likeness (QED) is 0.344. The van der Waals surface area contributed by atoms with Crippen LogP contribution in [0.5, 0.6) is 0 Å². The minimum Gasteiger partial charge on any atom is -0.461 e. The number of esters is 1. The van der Waals surface area contributed by atoms with E-state index in [4.69, 9.17) is 9.29 Å². The van der Waals surface area contributed by atoms with Crippen LogP contribution < -0.4 is 0 Å². The number of aliphatic hydroxyl groups excluding tert-OH is 1. The van der Waals surface area contributed by atoms with Gasteiger partial charge in [-0.2, -0.15) is 8.42 Å². The van der Waals surface area contributed by atoms with E-state index in [-0.39, 0.29) is 13.2 Å². The van der Waals surface area contributed by atoms with Crippen LogP contribution >= 0.6 is 0 Å². The lowest BCUT2D eigenvalue weighted by Crippen LogP contribution is -2.35. The Bertz CT molecular complexity index is 391. The van der Waals surface area contributed by atoms with Crippen LogP contribution in [0.15, 0.2) is 12.2 Å². The Balaban J connectivity index is 3.87. The highest BCUT2D eigenvalue weighted by atomic mass is 32.2. The second-order valence-corrected chi connectivity index (χ2v) is 5.58. The Morgan fingerprint density at radius 2 is 2.06 bits per heavy atom. The SMILES string of the molecule is C=C(C)C(=O)OCCN(C)CC(O)CS(=O)(=O)O. The van der Waals surface area contributed by atoms with Crippen molar-refractivity contribution in [3.05, 3.63) is 12.2 Å². The fourth-order valence-electron chi connectivity index (χ4n) is 1.16. The molecule has 0 bridgehead atoms. The summed E-state index contributed by atoms with van der Waals surface area (Å²) >= 11 is 0. The van der Waals surface area contributed by atoms with Crippen molar-refractivity contribution in [2.24, 2.45) is 0 Å². The zero-order chi connectivity index (χ0) is 14.3. The number of nitrogens with zero attached hydrogens (tertiary/aromatic N) is 1. The molecule has 0 saturated carbocycles. The molecule has 0 rings (SSSR count). The molecule has 7 nitrogen and oxygen atoms in total. The molecule has 0 aromatic heterocycles. The highest BCUT2D eigenvalue weighted by Crippen LogP contribution is 1.96. The van der Waals surface area contributed by atoms with Crippen LogP contribution in [-0.2, 0) is 19.6 Å². The number of ether oxygens (including phenoxy) is 1. The molecule has 1 atom stereocenters. The molecule has 18 heavy (non-hydrogen) atoms. The Hall–Kier alpha value is -0.960. The summed E-state index contributed by atoms with van der Waals surface area (Å²) in [6.45, 7) is 5.44. The monoisotopic (exact) mass is 281 g/mol. The maximum Gasteiger partial charge on any atom is 0.333 e. The Morgan fingerprint density at radius 3 is 2.50 bits per heavy atom. The van der Waals surface area contributed by atoms with E-state index >= 15 is 0 Å². The first-order valence-electron chi connectivity index (χ1n) is 5.26. The number of hydrogen-bond donors (Lipinski definition) is 2. The number of likely N-dealkylation sites (N-methyl/N-ethyl adjacent to an activating group) is 1. The van der Waals surface area contributed by atoms with Gasteiger partial charge in [-0.15, -0.1) is 0 Å². The number of hydrogen-bond acceptors (Lipinski definition) is 6. The fraction of sp³-hybridized carbons (Fsp3) is 0.700. The van der Waals surface area contributed by atoms with Gasteiger partial charge >= 0.3 is 5.97 Å². The van der Waals surface area contributed by atoms with Gasteiger partial charge in [0.25, 0.3) is 10.1 Å². The van der Waals surface area contributed by atoms with Gasteiger partial charge in [0, 0.05) is 18.7 Å². The number of carbonyl (C=O) groups is 1. The van der Waals surface area contributed by atoms with Gasteiger partial charge in [0.2, 0.25) is 0 Å². The first-order valence-corrected chi connectivity index (χ1v) is 6.87. The molecule has 2 N–H and O–H groups in total. The summed E-state index contributed by atoms with van der Waals surface area (Å²) in [5, 5.41) is 9.35. The normalized spacial score (nSPS) is 13.4. The summed E-state index contributed by atoms with van der Waals surface area (Å²) in [6, 6.07) is 0. The molecule has 0 amide bonds. The summed E-state index contributed by atoms with van der Waals surface area (Å²) < 4.78 is 34.4. The van der Waals surface area contributed by atoms with Crippen molar-refractivity contribution in [2.45, 2.75) is 13.0 Å². The van der Waals surface area contributed by atoms with Gasteiger partial charge in [-0.25, -0.2) is 4.79 Å². The van der Waals surface area contributed by atoms with Crippen LogP contribution in [0.2, 0.25) is 0 Å². The highest BCUT2D eigenvalue weighted by molar-refractivity contribution is 7.85. The zero-order valence-electron chi connectivity index (χ0n) is 10.5. The predicted octanol–water partition coefficient (Wildman–Crippen LogP) is -0.714. The van der Waals surface area contributed by atoms with Crippen molar-refractivity contribution in [1.82, 2.24) is 4.90 Å². The van der Waals surface area contributed by atoms with E-state index in [2.05, 4.69) is 6.58 Å². The predicted molar refractivity (Wildman–Crippen MR) is 65.7 cm³/mol. The third-order valence-corrected chi connectivity index (χ3v) is 2.79. The van der Waals surface area contributed by atoms with E-state index in [1.807, 2.05) is 0 Å². The van der Waals surface area contributed by atoms with Crippen LogP contribution in [0, 0.1) is 0 Å². The highest BCUT2D eigenvalue weighted by Gasteiger charge is 2.16. The smallest absolute Gasteiger partial charge is 0.333 e. The lowest BCUT2D eigenvalue weighted by Gasteiger charge is -2.19. The topological polar surface area (TPSA) is 104 Å². The van der Waals surface area contributed by atoms with Crippen molar-refractivity contribution < 1.29 is 27.6 Å². The number of carbonyl (C=O) groups excluding carboxylic acids is 1. The first kappa shape index (κ1) is 17.0. The molecule has 8 heteroatoms. The molecule has 0 fully saturated rings. The molecule has 0 aliphatic heterocycles. The molecule has 0 heterocycles. The maximum absolute atomic E-state index is 11.0. The third-order valence-electron chi connectivity index (χ3n) is 1.98. The summed E-state index contributed by atoms with van der Waals surface area (Å²) in [6.07, 6.45) is -1.19. The lowest BCUT2D eigenvalue weighted by molar-refractivity contribution is -0.139. The van der Waals surface area contributed by atoms with Gasteiger partial charge < -0.3 is 14.7 Å². The van der Waals surface area contributed by atoms with Crippen molar-refractivity contribution in [1.29, 1.82) is 0 Å². The standard InChI is InChI=1S/C10H19NO6S/c1-8(2)10(13)17-5-4-11(3)6-9(12)7-18(14,15)16/h9,12H,1,4-7H2,2-3H3,(H,14,15,16). The van der Waals surface area contributed by atoms with Crippen molar-refractivity contribution in [3.63, 3.8) is 0 Å². The average Bonchev–Trinajstić information content (AvgIpc) is 2.13. The summed E-state index contributed by atoms with van der Waals surface area (Å²) in [7, 11) is -2.56. The van der Waals surface area contributed by atoms with Crippen molar-refractivity contribution in [3.8, 4) is 0 Å². The van der Waals surface area contributed by atoms with E-state index in [1.165, 1.54) is 6.92 Å². The number of aliphatic hydroxyl groups is 1. The largest absolute Gasteiger partial charge is 0.461 e. The molecule has 106 valence electrons. The molecule has 0 aliphatic carbocycles. The summed E-state index contributed by atoms with van der Waals surface area (Å²) in [5.41, 5.74) is 0.295. The molecule has 0 aromatic rings. The van der Waals surface area contributed by atoms with Crippen LogP contribution in [0.3, 0.4) is 0 Å². The van der Waals surface area contributed by atoms with Gasteiger partial charge in [0.15, 0.2) is 0 Å². The molecular formula is C10H19NO6S. The third kappa shape index (κ3) is 9.11. The molecule has 0 saturated heterocycles. The van der Waals surface area contributed by atoms with Gasteiger partial charge in [0.05, 0.1) is 6.10 Å². The summed E-state index contributed by atoms with van der Waals surface area (Å²) in [5.74, 6) is -1.22. The Kier molecular flexibility index (Phi) is 7.07. The second kappa shape index (κ2) is 7.47. The van der Waals surface area contributed by atoms with Gasteiger partial charge in [-0.05, 0) is 14.0 Å². The van der Waals surface area contributed by atoms with Crippen molar-refractivity contribution in [2.75, 3.05) is 32.5 Å². The molecule has 0 aromatic carbocycles. The Morgan fingerprint density at radius 1 is 1.50 bits per heavy atom. The Labute approximate surface area is 107 Å². The minimum absolute atomic E-state index is 0.0460. The zero-order valence-corrected chi connectivity index (χ0v) is 11.3. The van der Waals surface area contributed by atoms with E-state index in [0.29, 0.717) is 12.1 Å². The van der Waals surface area contributed by atoms with Crippen molar-refractivity contribution >= 4 is 16.1 Å². The van der Waals surface area contributed by atoms with E-state index < -0.39 is 27.9 Å². The first-order chi connectivity index (χ1) is 8.11. The van der Waals surface area contributed by atoms with Crippen LogP contribution in [-0.4, -0.2) is 67.5 Å². The van der Waals surface area contributed by atoms with Gasteiger partial charge in [0.1, 0.15) is 12.4 Å². The molecule has 0 aliphatic rings. The van der Waals surface area contributed by atoms with Crippen LogP contribution in [0.4, 0.5) is 0 Å². The molecular weight excluding hydrogens is 262 g/mol. The van der Waals surface area contributed by atoms with Gasteiger partial charge in [-0.1, -0.05) is 6.58 Å². The second-order valence-electron chi connectivity index (χ2n) is 4.08.